The molecule has 0 saturated carbocycles. The smallest absolute Gasteiger partial charge is 0.253 e. The second kappa shape index (κ2) is 9.57. The molecule has 0 N–H and O–H groups in total. The molecule has 1 atom stereocenters. The van der Waals surface area contributed by atoms with E-state index in [4.69, 9.17) is 11.6 Å². The number of aryl methyl sites for hydroxylation is 2. The van der Waals surface area contributed by atoms with Crippen molar-refractivity contribution in [3.63, 3.8) is 0 Å². The molecule has 0 bridgehead atoms. The minimum Gasteiger partial charge on any atom is -0.339 e. The van der Waals surface area contributed by atoms with E-state index in [1.54, 1.807) is 4.52 Å². The highest BCUT2D eigenvalue weighted by atomic mass is 35.5. The van der Waals surface area contributed by atoms with Crippen molar-refractivity contribution in [1.82, 2.24) is 24.5 Å². The van der Waals surface area contributed by atoms with Gasteiger partial charge in [0, 0.05) is 35.4 Å². The lowest BCUT2D eigenvalue weighted by atomic mass is 10.0. The average molecular weight is 458 g/mol. The third kappa shape index (κ3) is 4.72. The number of benzene rings is 1. The maximum absolute atomic E-state index is 12.8. The standard InChI is InChI=1S/C23H28ClN5OS/c1-4-18-10-7-8-12-28(18)21(30)14-31-23-26-22-25-15(2)19(16(3)29(22)27-23)13-17-9-5-6-11-20(17)24/h5-6,9,11,18H,4,7-8,10,12-14H2,1-3H3. The lowest BCUT2D eigenvalue weighted by molar-refractivity contribution is -0.132. The number of halogens is 1. The fraction of sp³-hybridized carbons (Fsp3) is 0.478. The largest absolute Gasteiger partial charge is 0.339 e. The topological polar surface area (TPSA) is 63.4 Å². The predicted octanol–water partition coefficient (Wildman–Crippen LogP) is 4.87. The summed E-state index contributed by atoms with van der Waals surface area (Å²) in [4.78, 5) is 24.1. The Kier molecular flexibility index (Phi) is 6.82. The van der Waals surface area contributed by atoms with Gasteiger partial charge in [0.05, 0.1) is 5.75 Å². The van der Waals surface area contributed by atoms with Crippen molar-refractivity contribution >= 4 is 35.0 Å². The van der Waals surface area contributed by atoms with Gasteiger partial charge in [-0.2, -0.15) is 4.98 Å². The summed E-state index contributed by atoms with van der Waals surface area (Å²) in [6, 6.07) is 8.23. The van der Waals surface area contributed by atoms with Crippen LogP contribution in [0.4, 0.5) is 0 Å². The van der Waals surface area contributed by atoms with Gasteiger partial charge in [-0.3, -0.25) is 4.79 Å². The predicted molar refractivity (Wildman–Crippen MR) is 125 cm³/mol. The van der Waals surface area contributed by atoms with Crippen molar-refractivity contribution < 1.29 is 4.79 Å². The number of hydrogen-bond donors (Lipinski definition) is 0. The van der Waals surface area contributed by atoms with Gasteiger partial charge in [-0.05, 0) is 56.7 Å². The van der Waals surface area contributed by atoms with E-state index in [2.05, 4.69) is 22.0 Å². The fourth-order valence-electron chi connectivity index (χ4n) is 4.30. The van der Waals surface area contributed by atoms with Crippen LogP contribution in [0.25, 0.3) is 5.78 Å². The Morgan fingerprint density at radius 3 is 2.81 bits per heavy atom. The van der Waals surface area contributed by atoms with Crippen LogP contribution in [0.15, 0.2) is 29.4 Å². The van der Waals surface area contributed by atoms with Crippen LogP contribution < -0.4 is 0 Å². The maximum atomic E-state index is 12.8. The number of thioether (sulfide) groups is 1. The van der Waals surface area contributed by atoms with Crippen molar-refractivity contribution in [3.8, 4) is 0 Å². The molecule has 1 amide bonds. The second-order valence-electron chi connectivity index (χ2n) is 8.07. The zero-order valence-corrected chi connectivity index (χ0v) is 19.8. The first-order chi connectivity index (χ1) is 15.0. The first kappa shape index (κ1) is 22.1. The van der Waals surface area contributed by atoms with Gasteiger partial charge in [-0.15, -0.1) is 5.10 Å². The molecule has 1 aliphatic rings. The summed E-state index contributed by atoms with van der Waals surface area (Å²) in [5.74, 6) is 1.10. The highest BCUT2D eigenvalue weighted by Crippen LogP contribution is 2.25. The van der Waals surface area contributed by atoms with Crippen molar-refractivity contribution in [3.05, 3.63) is 51.8 Å². The number of piperidine rings is 1. The van der Waals surface area contributed by atoms with Gasteiger partial charge in [0.25, 0.3) is 5.78 Å². The highest BCUT2D eigenvalue weighted by Gasteiger charge is 2.25. The van der Waals surface area contributed by atoms with Crippen LogP contribution in [0.2, 0.25) is 5.02 Å². The van der Waals surface area contributed by atoms with E-state index in [0.717, 1.165) is 53.3 Å². The Balaban J connectivity index is 1.52. The van der Waals surface area contributed by atoms with Gasteiger partial charge >= 0.3 is 0 Å². The summed E-state index contributed by atoms with van der Waals surface area (Å²) in [6.45, 7) is 7.04. The molecule has 0 aliphatic carbocycles. The molecule has 8 heteroatoms. The van der Waals surface area contributed by atoms with Crippen LogP contribution in [0.5, 0.6) is 0 Å². The summed E-state index contributed by atoms with van der Waals surface area (Å²) in [5, 5.41) is 5.97. The third-order valence-corrected chi connectivity index (χ3v) is 7.29. The molecule has 1 aliphatic heterocycles. The molecule has 164 valence electrons. The van der Waals surface area contributed by atoms with Gasteiger partial charge in [0.2, 0.25) is 11.1 Å². The number of aromatic nitrogens is 4. The molecule has 0 spiro atoms. The second-order valence-corrected chi connectivity index (χ2v) is 9.42. The molecule has 3 aromatic rings. The Morgan fingerprint density at radius 2 is 2.03 bits per heavy atom. The van der Waals surface area contributed by atoms with Gasteiger partial charge in [-0.25, -0.2) is 9.50 Å². The van der Waals surface area contributed by atoms with E-state index in [0.29, 0.717) is 29.1 Å². The summed E-state index contributed by atoms with van der Waals surface area (Å²) in [5.41, 5.74) is 4.07. The number of carbonyl (C=O) groups excluding carboxylic acids is 1. The first-order valence-electron chi connectivity index (χ1n) is 10.9. The molecule has 4 rings (SSSR count). The molecule has 2 aromatic heterocycles. The normalized spacial score (nSPS) is 16.8. The zero-order chi connectivity index (χ0) is 22.0. The summed E-state index contributed by atoms with van der Waals surface area (Å²) >= 11 is 7.75. The lowest BCUT2D eigenvalue weighted by Gasteiger charge is -2.35. The number of hydrogen-bond acceptors (Lipinski definition) is 5. The molecule has 1 unspecified atom stereocenters. The van der Waals surface area contributed by atoms with Gasteiger partial charge in [-0.1, -0.05) is 48.5 Å². The Hall–Kier alpha value is -2.12. The van der Waals surface area contributed by atoms with E-state index in [1.807, 2.05) is 43.0 Å². The van der Waals surface area contributed by atoms with E-state index < -0.39 is 0 Å². The van der Waals surface area contributed by atoms with Crippen molar-refractivity contribution in [1.29, 1.82) is 0 Å². The molecule has 0 radical (unpaired) electrons. The molecule has 6 nitrogen and oxygen atoms in total. The quantitative estimate of drug-likeness (QED) is 0.494. The van der Waals surface area contributed by atoms with Crippen molar-refractivity contribution in [2.24, 2.45) is 0 Å². The Labute approximate surface area is 192 Å². The molecule has 1 saturated heterocycles. The molecular formula is C23H28ClN5OS. The summed E-state index contributed by atoms with van der Waals surface area (Å²) in [7, 11) is 0. The number of likely N-dealkylation sites (tertiary alicyclic amines) is 1. The first-order valence-corrected chi connectivity index (χ1v) is 12.2. The van der Waals surface area contributed by atoms with Crippen molar-refractivity contribution in [2.45, 2.75) is 64.1 Å². The minimum absolute atomic E-state index is 0.177. The van der Waals surface area contributed by atoms with Gasteiger partial charge in [0.1, 0.15) is 0 Å². The van der Waals surface area contributed by atoms with E-state index in [-0.39, 0.29) is 5.91 Å². The van der Waals surface area contributed by atoms with Crippen LogP contribution >= 0.6 is 23.4 Å². The fourth-order valence-corrected chi connectivity index (χ4v) is 5.21. The average Bonchev–Trinajstić information content (AvgIpc) is 3.19. The third-order valence-electron chi connectivity index (χ3n) is 6.10. The lowest BCUT2D eigenvalue weighted by Crippen LogP contribution is -2.44. The molecule has 1 fully saturated rings. The monoisotopic (exact) mass is 457 g/mol. The zero-order valence-electron chi connectivity index (χ0n) is 18.3. The minimum atomic E-state index is 0.177. The van der Waals surface area contributed by atoms with Crippen LogP contribution in [-0.4, -0.2) is 48.7 Å². The molecular weight excluding hydrogens is 430 g/mol. The molecule has 31 heavy (non-hydrogen) atoms. The van der Waals surface area contributed by atoms with E-state index >= 15 is 0 Å². The van der Waals surface area contributed by atoms with Crippen LogP contribution in [0.3, 0.4) is 0 Å². The number of rotatable bonds is 6. The summed E-state index contributed by atoms with van der Waals surface area (Å²) in [6.07, 6.45) is 5.12. The van der Waals surface area contributed by atoms with E-state index in [9.17, 15) is 4.79 Å². The maximum Gasteiger partial charge on any atom is 0.253 e. The highest BCUT2D eigenvalue weighted by molar-refractivity contribution is 7.99. The Bertz CT molecular complexity index is 1100. The van der Waals surface area contributed by atoms with E-state index in [1.165, 1.54) is 18.2 Å². The number of nitrogens with zero attached hydrogens (tertiary/aromatic N) is 5. The number of amides is 1. The van der Waals surface area contributed by atoms with Gasteiger partial charge in [0.15, 0.2) is 0 Å². The van der Waals surface area contributed by atoms with Crippen LogP contribution in [0.1, 0.15) is 55.1 Å². The Morgan fingerprint density at radius 1 is 1.23 bits per heavy atom. The van der Waals surface area contributed by atoms with Gasteiger partial charge < -0.3 is 4.90 Å². The number of fused-ring (bicyclic) bond motifs is 1. The molecule has 1 aromatic carbocycles. The summed E-state index contributed by atoms with van der Waals surface area (Å²) < 4.78 is 1.78. The van der Waals surface area contributed by atoms with Crippen LogP contribution in [-0.2, 0) is 11.2 Å². The SMILES string of the molecule is CCC1CCCCN1C(=O)CSc1nc2nc(C)c(Cc3ccccc3Cl)c(C)n2n1. The molecule has 3 heterocycles. The van der Waals surface area contributed by atoms with Crippen molar-refractivity contribution in [2.75, 3.05) is 12.3 Å². The van der Waals surface area contributed by atoms with Crippen LogP contribution in [0, 0.1) is 13.8 Å². The number of carbonyl (C=O) groups is 1.